The van der Waals surface area contributed by atoms with Crippen LogP contribution < -0.4 is 5.32 Å². The Morgan fingerprint density at radius 2 is 1.58 bits per heavy atom. The lowest BCUT2D eigenvalue weighted by molar-refractivity contribution is -0.152. The van der Waals surface area contributed by atoms with Gasteiger partial charge in [-0.25, -0.2) is 0 Å². The summed E-state index contributed by atoms with van der Waals surface area (Å²) in [5.74, 6) is -1.51. The molecule has 3 unspecified atom stereocenters. The molecule has 0 radical (unpaired) electrons. The maximum absolute atomic E-state index is 12.3. The fraction of sp³-hybridized carbons (Fsp3) is 0.345. The van der Waals surface area contributed by atoms with Gasteiger partial charge in [0.05, 0.1) is 11.1 Å². The van der Waals surface area contributed by atoms with Gasteiger partial charge < -0.3 is 20.4 Å². The van der Waals surface area contributed by atoms with Crippen LogP contribution in [0.1, 0.15) is 45.7 Å². The number of nitrogens with one attached hydrogen (secondary N) is 1. The van der Waals surface area contributed by atoms with Crippen molar-refractivity contribution in [3.63, 3.8) is 0 Å². The number of benzene rings is 2. The topological polar surface area (TPSA) is 103 Å². The minimum Gasteiger partial charge on any atom is -0.380 e. The van der Waals surface area contributed by atoms with Gasteiger partial charge in [-0.05, 0) is 42.7 Å². The number of pyridine rings is 1. The molecule has 38 heavy (non-hydrogen) atoms. The zero-order valence-electron chi connectivity index (χ0n) is 22.4. The minimum atomic E-state index is -1.85. The molecule has 3 aromatic rings. The Balaban J connectivity index is 0.000000682. The molecule has 2 aromatic carbocycles. The molecule has 0 saturated heterocycles. The van der Waals surface area contributed by atoms with Gasteiger partial charge in [0, 0.05) is 36.6 Å². The maximum atomic E-state index is 12.3. The van der Waals surface area contributed by atoms with Crippen LogP contribution in [0.2, 0.25) is 10.0 Å². The smallest absolute Gasteiger partial charge is 0.254 e. The molecule has 2 amide bonds. The van der Waals surface area contributed by atoms with Crippen LogP contribution in [-0.2, 0) is 9.59 Å². The van der Waals surface area contributed by atoms with Crippen molar-refractivity contribution in [2.24, 2.45) is 0 Å². The van der Waals surface area contributed by atoms with Crippen LogP contribution >= 0.6 is 23.2 Å². The summed E-state index contributed by atoms with van der Waals surface area (Å²) < 4.78 is 0. The van der Waals surface area contributed by atoms with E-state index < -0.39 is 30.1 Å². The normalized spacial score (nSPS) is 12.4. The van der Waals surface area contributed by atoms with E-state index in [1.807, 2.05) is 81.4 Å². The summed E-state index contributed by atoms with van der Waals surface area (Å²) in [4.78, 5) is 29.6. The molecule has 206 valence electrons. The van der Waals surface area contributed by atoms with Gasteiger partial charge in [0.1, 0.15) is 0 Å². The lowest BCUT2D eigenvalue weighted by Gasteiger charge is -2.24. The Morgan fingerprint density at radius 3 is 2.08 bits per heavy atom. The van der Waals surface area contributed by atoms with Crippen LogP contribution in [0.5, 0.6) is 0 Å². The Kier molecular flexibility index (Phi) is 15.2. The van der Waals surface area contributed by atoms with Gasteiger partial charge in [-0.1, -0.05) is 86.4 Å². The Hall–Kier alpha value is -2.97. The third kappa shape index (κ3) is 10.4. The molecule has 0 fully saturated rings. The molecule has 1 aromatic heterocycles. The summed E-state index contributed by atoms with van der Waals surface area (Å²) >= 11 is 11.7. The number of rotatable bonds is 8. The second-order valence-electron chi connectivity index (χ2n) is 8.15. The summed E-state index contributed by atoms with van der Waals surface area (Å²) in [6, 6.07) is 18.2. The third-order valence-corrected chi connectivity index (χ3v) is 5.90. The van der Waals surface area contributed by atoms with Crippen LogP contribution in [0, 0.1) is 0 Å². The van der Waals surface area contributed by atoms with E-state index in [0.29, 0.717) is 18.0 Å². The third-order valence-electron chi connectivity index (χ3n) is 5.34. The molecule has 3 N–H and O–H groups in total. The van der Waals surface area contributed by atoms with E-state index in [2.05, 4.69) is 10.3 Å². The SMILES string of the molecule is CC.CCCN(C)C(=O)C(O)C(O)C(=O)NC(C)c1ccc(-c2ccncc2Cl)cc1.Clc1ccccc1. The van der Waals surface area contributed by atoms with Crippen LogP contribution in [0.15, 0.2) is 73.1 Å². The Bertz CT molecular complexity index is 1110. The largest absolute Gasteiger partial charge is 0.380 e. The average Bonchev–Trinajstić information content (AvgIpc) is 2.94. The average molecular weight is 563 g/mol. The summed E-state index contributed by atoms with van der Waals surface area (Å²) in [5.41, 5.74) is 2.54. The highest BCUT2D eigenvalue weighted by atomic mass is 35.5. The number of aromatic nitrogens is 1. The van der Waals surface area contributed by atoms with Crippen molar-refractivity contribution in [2.45, 2.75) is 52.4 Å². The molecule has 0 aliphatic rings. The molecule has 0 bridgehead atoms. The summed E-state index contributed by atoms with van der Waals surface area (Å²) in [5, 5.41) is 24.0. The Labute approximate surface area is 235 Å². The van der Waals surface area contributed by atoms with E-state index in [9.17, 15) is 19.8 Å². The number of hydrogen-bond acceptors (Lipinski definition) is 5. The number of carbonyl (C=O) groups is 2. The maximum Gasteiger partial charge on any atom is 0.254 e. The van der Waals surface area contributed by atoms with Gasteiger partial charge in [-0.3, -0.25) is 14.6 Å². The number of carbonyl (C=O) groups excluding carboxylic acids is 2. The second kappa shape index (κ2) is 17.5. The Morgan fingerprint density at radius 1 is 0.974 bits per heavy atom. The van der Waals surface area contributed by atoms with Crippen molar-refractivity contribution in [3.8, 4) is 11.1 Å². The van der Waals surface area contributed by atoms with Crippen molar-refractivity contribution in [3.05, 3.63) is 88.7 Å². The monoisotopic (exact) mass is 561 g/mol. The molecular weight excluding hydrogens is 525 g/mol. The first kappa shape index (κ1) is 33.1. The van der Waals surface area contributed by atoms with Crippen molar-refractivity contribution in [2.75, 3.05) is 13.6 Å². The number of hydrogen-bond donors (Lipinski definition) is 3. The number of amides is 2. The van der Waals surface area contributed by atoms with Crippen molar-refractivity contribution in [1.29, 1.82) is 0 Å². The fourth-order valence-electron chi connectivity index (χ4n) is 3.31. The quantitative estimate of drug-likeness (QED) is 0.335. The zero-order valence-corrected chi connectivity index (χ0v) is 23.9. The summed E-state index contributed by atoms with van der Waals surface area (Å²) in [6.07, 6.45) is 0.271. The van der Waals surface area contributed by atoms with Gasteiger partial charge in [0.2, 0.25) is 0 Å². The van der Waals surface area contributed by atoms with Gasteiger partial charge in [-0.15, -0.1) is 0 Å². The van der Waals surface area contributed by atoms with Gasteiger partial charge in [0.15, 0.2) is 12.2 Å². The molecule has 0 aliphatic carbocycles. The first-order valence-corrected chi connectivity index (χ1v) is 13.2. The van der Waals surface area contributed by atoms with Crippen molar-refractivity contribution >= 4 is 35.0 Å². The van der Waals surface area contributed by atoms with Crippen LogP contribution in [0.3, 0.4) is 0 Å². The number of likely N-dealkylation sites (N-methyl/N-ethyl adjacent to an activating group) is 1. The zero-order chi connectivity index (χ0) is 28.7. The number of aliphatic hydroxyl groups is 2. The molecule has 9 heteroatoms. The first-order chi connectivity index (χ1) is 18.1. The van der Waals surface area contributed by atoms with Crippen molar-refractivity contribution < 1.29 is 19.8 Å². The standard InChI is InChI=1S/C21H26ClN3O4.C6H5Cl.C2H6/c1-4-11-25(3)21(29)19(27)18(26)20(28)24-13(2)14-5-7-15(8-6-14)16-9-10-23-12-17(16)22;7-6-4-2-1-3-5-6;1-2/h5-10,12-13,18-19,26-27H,4,11H2,1-3H3,(H,24,28);1-5H;1-2H3. The van der Waals surface area contributed by atoms with Crippen LogP contribution in [-0.4, -0.2) is 57.7 Å². The van der Waals surface area contributed by atoms with E-state index in [1.165, 1.54) is 11.9 Å². The molecule has 0 spiro atoms. The molecule has 3 atom stereocenters. The predicted octanol–water partition coefficient (Wildman–Crippen LogP) is 5.54. The fourth-order valence-corrected chi connectivity index (χ4v) is 3.68. The second-order valence-corrected chi connectivity index (χ2v) is 9.00. The summed E-state index contributed by atoms with van der Waals surface area (Å²) in [7, 11) is 1.51. The molecule has 1 heterocycles. The van der Waals surface area contributed by atoms with Crippen molar-refractivity contribution in [1.82, 2.24) is 15.2 Å². The molecule has 7 nitrogen and oxygen atoms in total. The lowest BCUT2D eigenvalue weighted by Crippen LogP contribution is -2.50. The van der Waals surface area contributed by atoms with Crippen LogP contribution in [0.25, 0.3) is 11.1 Å². The first-order valence-electron chi connectivity index (χ1n) is 12.5. The number of nitrogens with zero attached hydrogens (tertiary/aromatic N) is 2. The number of halogens is 2. The molecule has 0 saturated carbocycles. The highest BCUT2D eigenvalue weighted by Crippen LogP contribution is 2.27. The van der Waals surface area contributed by atoms with Gasteiger partial charge in [0.25, 0.3) is 11.8 Å². The van der Waals surface area contributed by atoms with E-state index in [4.69, 9.17) is 23.2 Å². The van der Waals surface area contributed by atoms with E-state index in [1.54, 1.807) is 19.3 Å². The molecule has 0 aliphatic heterocycles. The van der Waals surface area contributed by atoms with E-state index in [-0.39, 0.29) is 0 Å². The van der Waals surface area contributed by atoms with Gasteiger partial charge in [-0.2, -0.15) is 0 Å². The summed E-state index contributed by atoms with van der Waals surface area (Å²) in [6.45, 7) is 8.06. The van der Waals surface area contributed by atoms with E-state index in [0.717, 1.165) is 21.7 Å². The minimum absolute atomic E-state index is 0.425. The molecular formula is C29H37Cl2N3O4. The highest BCUT2D eigenvalue weighted by Gasteiger charge is 2.32. The molecule has 3 rings (SSSR count). The van der Waals surface area contributed by atoms with Crippen LogP contribution in [0.4, 0.5) is 0 Å². The number of aliphatic hydroxyl groups excluding tert-OH is 2. The predicted molar refractivity (Wildman–Crippen MR) is 154 cm³/mol. The highest BCUT2D eigenvalue weighted by molar-refractivity contribution is 6.33. The van der Waals surface area contributed by atoms with Gasteiger partial charge >= 0.3 is 0 Å². The lowest BCUT2D eigenvalue weighted by atomic mass is 10.0. The van der Waals surface area contributed by atoms with E-state index >= 15 is 0 Å².